The second-order valence-corrected chi connectivity index (χ2v) is 22.2. The zero-order chi connectivity index (χ0) is 55.4. The molecule has 0 radical (unpaired) electrons. The van der Waals surface area contributed by atoms with E-state index in [1.807, 2.05) is 0 Å². The van der Waals surface area contributed by atoms with Crippen molar-refractivity contribution in [3.05, 3.63) is 300 Å². The van der Waals surface area contributed by atoms with Gasteiger partial charge in [0, 0.05) is 50.4 Å². The van der Waals surface area contributed by atoms with Gasteiger partial charge in [0.25, 0.3) is 0 Å². The predicted molar refractivity (Wildman–Crippen MR) is 338 cm³/mol. The molecule has 11 aromatic rings. The van der Waals surface area contributed by atoms with Crippen LogP contribution in [-0.4, -0.2) is 26.4 Å². The van der Waals surface area contributed by atoms with Crippen molar-refractivity contribution in [1.82, 2.24) is 0 Å². The average molecular weight is 1080 g/mol. The summed E-state index contributed by atoms with van der Waals surface area (Å²) < 4.78 is 24.0. The fourth-order valence-corrected chi connectivity index (χ4v) is 13.1. The smallest absolute Gasteiger partial charge is 0.184 e. The molecule has 0 spiro atoms. The van der Waals surface area contributed by atoms with Crippen LogP contribution < -0.4 is 9.80 Å². The van der Waals surface area contributed by atoms with E-state index < -0.39 is 6.29 Å². The Morgan fingerprint density at radius 1 is 0.337 bits per heavy atom. The van der Waals surface area contributed by atoms with E-state index in [2.05, 4.69) is 277 Å². The normalized spacial score (nSPS) is 14.7. The number of aryl methyl sites for hydroxylation is 2. The van der Waals surface area contributed by atoms with Gasteiger partial charge in [0.05, 0.1) is 32.1 Å². The molecule has 2 aliphatic heterocycles. The maximum atomic E-state index is 6.06. The Kier molecular flexibility index (Phi) is 14.8. The molecule has 6 heteroatoms. The minimum absolute atomic E-state index is 0.276. The van der Waals surface area contributed by atoms with Gasteiger partial charge in [0.15, 0.2) is 12.6 Å². The third-order valence-electron chi connectivity index (χ3n) is 17.2. The lowest BCUT2D eigenvalue weighted by molar-refractivity contribution is -0.0443. The van der Waals surface area contributed by atoms with Gasteiger partial charge in [0.2, 0.25) is 0 Å². The highest BCUT2D eigenvalue weighted by Crippen LogP contribution is 2.56. The molecule has 14 rings (SSSR count). The van der Waals surface area contributed by atoms with E-state index in [0.29, 0.717) is 26.4 Å². The summed E-state index contributed by atoms with van der Waals surface area (Å²) in [6, 6.07) is 98.0. The lowest BCUT2D eigenvalue weighted by Crippen LogP contribution is -2.26. The van der Waals surface area contributed by atoms with Crippen LogP contribution in [0.3, 0.4) is 0 Å². The van der Waals surface area contributed by atoms with Crippen molar-refractivity contribution in [2.24, 2.45) is 0 Å². The summed E-state index contributed by atoms with van der Waals surface area (Å²) in [4.78, 5) is 4.76. The SMILES string of the molecule is c1ccc(CCCC2(CCCc3ccccc3)c3cc(-c4ccc(-c5ccc(N(c6ccccc6)c6cccc7ccccc67)cc5)cc4)ccc3-c3ccc(N(c4ccc(C5OCCO5)cc4)c4cccc(C5OCCO5)c4)cc32)cc1. The van der Waals surface area contributed by atoms with Crippen molar-refractivity contribution < 1.29 is 18.9 Å². The van der Waals surface area contributed by atoms with Gasteiger partial charge in [-0.2, -0.15) is 0 Å². The van der Waals surface area contributed by atoms with Crippen LogP contribution in [0.25, 0.3) is 44.2 Å². The number of para-hydroxylation sites is 1. The highest BCUT2D eigenvalue weighted by Gasteiger charge is 2.43. The summed E-state index contributed by atoms with van der Waals surface area (Å²) >= 11 is 0. The third kappa shape index (κ3) is 10.7. The summed E-state index contributed by atoms with van der Waals surface area (Å²) in [7, 11) is 0. The summed E-state index contributed by atoms with van der Waals surface area (Å²) in [5.74, 6) is 0. The van der Waals surface area contributed by atoms with Gasteiger partial charge in [-0.1, -0.05) is 194 Å². The Labute approximate surface area is 487 Å². The molecule has 1 aliphatic carbocycles. The largest absolute Gasteiger partial charge is 0.346 e. The van der Waals surface area contributed by atoms with Gasteiger partial charge < -0.3 is 28.7 Å². The third-order valence-corrected chi connectivity index (χ3v) is 17.2. The van der Waals surface area contributed by atoms with E-state index in [1.54, 1.807) is 0 Å². The Balaban J connectivity index is 0.841. The van der Waals surface area contributed by atoms with Crippen molar-refractivity contribution >= 4 is 44.9 Å². The Hall–Kier alpha value is -8.88. The second kappa shape index (κ2) is 23.5. The number of anilines is 6. The van der Waals surface area contributed by atoms with Crippen LogP contribution in [0.1, 0.15) is 71.6 Å². The lowest BCUT2D eigenvalue weighted by Gasteiger charge is -2.34. The molecule has 6 nitrogen and oxygen atoms in total. The summed E-state index contributed by atoms with van der Waals surface area (Å²) in [6.07, 6.45) is 5.34. The topological polar surface area (TPSA) is 43.4 Å². The predicted octanol–water partition coefficient (Wildman–Crippen LogP) is 19.5. The molecule has 0 unspecified atom stereocenters. The summed E-state index contributed by atoms with van der Waals surface area (Å²) in [5, 5.41) is 2.44. The van der Waals surface area contributed by atoms with E-state index >= 15 is 0 Å². The van der Waals surface area contributed by atoms with Gasteiger partial charge in [0.1, 0.15) is 0 Å². The van der Waals surface area contributed by atoms with Crippen LogP contribution in [0.5, 0.6) is 0 Å². The fourth-order valence-electron chi connectivity index (χ4n) is 13.1. The van der Waals surface area contributed by atoms with E-state index in [4.69, 9.17) is 18.9 Å². The quantitative estimate of drug-likeness (QED) is 0.0853. The first kappa shape index (κ1) is 52.2. The first-order valence-corrected chi connectivity index (χ1v) is 29.5. The van der Waals surface area contributed by atoms with Crippen molar-refractivity contribution in [1.29, 1.82) is 0 Å². The van der Waals surface area contributed by atoms with Crippen molar-refractivity contribution in [3.63, 3.8) is 0 Å². The van der Waals surface area contributed by atoms with Crippen LogP contribution in [0.2, 0.25) is 0 Å². The minimum Gasteiger partial charge on any atom is -0.346 e. The first-order chi connectivity index (χ1) is 41.1. The first-order valence-electron chi connectivity index (χ1n) is 29.5. The van der Waals surface area contributed by atoms with E-state index in [0.717, 1.165) is 83.8 Å². The molecule has 2 heterocycles. The maximum Gasteiger partial charge on any atom is 0.184 e. The second-order valence-electron chi connectivity index (χ2n) is 22.2. The van der Waals surface area contributed by atoms with Gasteiger partial charge in [-0.3, -0.25) is 0 Å². The van der Waals surface area contributed by atoms with Crippen LogP contribution in [0.4, 0.5) is 34.1 Å². The molecule has 83 heavy (non-hydrogen) atoms. The Morgan fingerprint density at radius 3 is 1.43 bits per heavy atom. The monoisotopic (exact) mass is 1080 g/mol. The molecule has 0 bridgehead atoms. The minimum atomic E-state index is -0.400. The molecule has 2 saturated heterocycles. The molecule has 2 fully saturated rings. The van der Waals surface area contributed by atoms with Crippen LogP contribution in [0, 0.1) is 0 Å². The van der Waals surface area contributed by atoms with Gasteiger partial charge in [-0.25, -0.2) is 0 Å². The molecule has 0 aromatic heterocycles. The molecule has 3 aliphatic rings. The van der Waals surface area contributed by atoms with E-state index in [-0.39, 0.29) is 11.7 Å². The summed E-state index contributed by atoms with van der Waals surface area (Å²) in [5.41, 5.74) is 21.3. The average Bonchev–Trinajstić information content (AvgIpc) is 2.92. The summed E-state index contributed by atoms with van der Waals surface area (Å²) in [6.45, 7) is 2.36. The fraction of sp³-hybridized carbons (Fsp3) is 0.169. The number of benzene rings is 11. The molecule has 0 amide bonds. The zero-order valence-electron chi connectivity index (χ0n) is 46.7. The highest BCUT2D eigenvalue weighted by molar-refractivity contribution is 5.99. The Bertz CT molecular complexity index is 3940. The molecule has 0 N–H and O–H groups in total. The van der Waals surface area contributed by atoms with E-state index in [1.165, 1.54) is 66.4 Å². The molecule has 0 atom stereocenters. The van der Waals surface area contributed by atoms with E-state index in [9.17, 15) is 0 Å². The maximum absolute atomic E-state index is 6.06. The number of nitrogens with zero attached hydrogens (tertiary/aromatic N) is 2. The molecular weight excluding hydrogens is 1020 g/mol. The number of rotatable bonds is 18. The lowest BCUT2D eigenvalue weighted by atomic mass is 9.70. The van der Waals surface area contributed by atoms with Gasteiger partial charge >= 0.3 is 0 Å². The van der Waals surface area contributed by atoms with Crippen LogP contribution >= 0.6 is 0 Å². The molecule has 11 aromatic carbocycles. The highest BCUT2D eigenvalue weighted by atomic mass is 16.7. The number of fused-ring (bicyclic) bond motifs is 4. The molecule has 0 saturated carbocycles. The number of hydrogen-bond acceptors (Lipinski definition) is 6. The number of hydrogen-bond donors (Lipinski definition) is 0. The van der Waals surface area contributed by atoms with Gasteiger partial charge in [-0.15, -0.1) is 0 Å². The number of ether oxygens (including phenoxy) is 4. The molecular formula is C77H66N2O4. The van der Waals surface area contributed by atoms with Crippen LogP contribution in [-0.2, 0) is 37.2 Å². The zero-order valence-corrected chi connectivity index (χ0v) is 46.7. The standard InChI is InChI=1S/C77H66N2O4/c1-4-16-55(17-5-1)20-14-46-77(47-15-21-56-18-6-2-7-19-56)72-53-62(59-32-30-57(31-33-59)58-34-39-66(40-35-58)79(64-25-8-3-9-26-64)74-29-13-23-60-22-10-11-28-69(60)74)38-44-70(72)71-45-43-68(54-73(71)77)78(65-41-36-61(37-42-65)75-80-48-49-81-75)67-27-12-24-63(52-67)76-82-50-51-83-76/h1-13,16-19,22-45,52-54,75-76H,14-15,20-21,46-51H2. The Morgan fingerprint density at radius 2 is 0.783 bits per heavy atom. The van der Waals surface area contributed by atoms with Crippen molar-refractivity contribution in [2.45, 2.75) is 56.5 Å². The van der Waals surface area contributed by atoms with Gasteiger partial charge in [-0.05, 0) is 172 Å². The van der Waals surface area contributed by atoms with Crippen molar-refractivity contribution in [2.75, 3.05) is 36.2 Å². The molecule has 408 valence electrons. The van der Waals surface area contributed by atoms with Crippen molar-refractivity contribution in [3.8, 4) is 33.4 Å². The van der Waals surface area contributed by atoms with Crippen LogP contribution in [0.15, 0.2) is 267 Å².